The number of nitrogens with zero attached hydrogens (tertiary/aromatic N) is 2. The molecule has 1 aliphatic heterocycles. The number of oxime groups is 1. The number of carbonyl (C=O) groups excluding carboxylic acids is 1. The highest BCUT2D eigenvalue weighted by molar-refractivity contribution is 6.03. The van der Waals surface area contributed by atoms with E-state index in [4.69, 9.17) is 19.0 Å². The summed E-state index contributed by atoms with van der Waals surface area (Å²) in [6, 6.07) is 5.59. The summed E-state index contributed by atoms with van der Waals surface area (Å²) in [7, 11) is 1.59. The van der Waals surface area contributed by atoms with Crippen LogP contribution >= 0.6 is 0 Å². The first-order valence-corrected chi connectivity index (χ1v) is 19.6. The van der Waals surface area contributed by atoms with Crippen molar-refractivity contribution in [3.05, 3.63) is 60.7 Å². The minimum absolute atomic E-state index is 0.0643. The van der Waals surface area contributed by atoms with Crippen LogP contribution in [0.3, 0.4) is 0 Å². The van der Waals surface area contributed by atoms with Gasteiger partial charge >= 0.3 is 0 Å². The molecule has 0 aromatic heterocycles. The second kappa shape index (κ2) is 19.1. The number of allylic oxidation sites excluding steroid dienone is 1. The van der Waals surface area contributed by atoms with Crippen LogP contribution < -0.4 is 9.47 Å². The van der Waals surface area contributed by atoms with Crippen LogP contribution in [0.5, 0.6) is 11.5 Å². The number of fused-ring (bicyclic) bond motifs is 2. The Morgan fingerprint density at radius 1 is 1.06 bits per heavy atom. The number of aliphatic hydroxyl groups excluding tert-OH is 2. The molecule has 2 N–H and O–H groups in total. The van der Waals surface area contributed by atoms with Gasteiger partial charge in [0.25, 0.3) is 0 Å². The number of hydrogen-bond acceptors (Lipinski definition) is 8. The zero-order valence-corrected chi connectivity index (χ0v) is 31.1. The second-order valence-corrected chi connectivity index (χ2v) is 14.8. The molecule has 0 unspecified atom stereocenters. The van der Waals surface area contributed by atoms with Crippen molar-refractivity contribution in [2.75, 3.05) is 40.1 Å². The fraction of sp³-hybridized carbons (Fsp3) is 0.667. The van der Waals surface area contributed by atoms with Gasteiger partial charge in [0.15, 0.2) is 0 Å². The van der Waals surface area contributed by atoms with Gasteiger partial charge in [-0.3, -0.25) is 4.79 Å². The molecule has 1 heterocycles. The molecular weight excluding hydrogens is 644 g/mol. The van der Waals surface area contributed by atoms with Crippen LogP contribution in [0.2, 0.25) is 0 Å². The number of benzene rings is 1. The van der Waals surface area contributed by atoms with Crippen molar-refractivity contribution in [1.29, 1.82) is 0 Å². The smallest absolute Gasteiger partial charge is 0.239 e. The molecule has 282 valence electrons. The number of ether oxygens (including phenoxy) is 3. The van der Waals surface area contributed by atoms with E-state index >= 15 is 0 Å². The molecule has 51 heavy (non-hydrogen) atoms. The zero-order valence-electron chi connectivity index (χ0n) is 31.1. The van der Waals surface area contributed by atoms with Gasteiger partial charge in [0.1, 0.15) is 31.3 Å². The number of unbranched alkanes of at least 4 members (excludes halogenated alkanes) is 2. The second-order valence-electron chi connectivity index (χ2n) is 14.8. The lowest BCUT2D eigenvalue weighted by atomic mass is 9.55. The Bertz CT molecular complexity index is 1370. The van der Waals surface area contributed by atoms with Crippen molar-refractivity contribution >= 4 is 11.6 Å². The van der Waals surface area contributed by atoms with Gasteiger partial charge in [-0.1, -0.05) is 75.4 Å². The molecular formula is C42H62N2O7. The van der Waals surface area contributed by atoms with Gasteiger partial charge in [0, 0.05) is 44.1 Å². The summed E-state index contributed by atoms with van der Waals surface area (Å²) < 4.78 is 20.4. The van der Waals surface area contributed by atoms with Crippen LogP contribution in [0, 0.1) is 23.7 Å². The minimum atomic E-state index is -1.21. The molecule has 4 aliphatic rings. The quantitative estimate of drug-likeness (QED) is 0.0765. The van der Waals surface area contributed by atoms with Crippen LogP contribution in [-0.2, 0) is 14.4 Å². The lowest BCUT2D eigenvalue weighted by Gasteiger charge is -2.60. The van der Waals surface area contributed by atoms with Crippen molar-refractivity contribution in [3.8, 4) is 11.5 Å². The molecule has 5 rings (SSSR count). The topological polar surface area (TPSA) is 110 Å². The first-order valence-electron chi connectivity index (χ1n) is 19.6. The SMILES string of the molecule is C=CCOc1ccc2c(c1)[C@H]1[C@H](CCCCO)[C@@H](CCCCO)C=C3C(=NOC)C[C@H](N(CCC)C(=O)CCC4CCCC4)[C@@](OCC=C)(O2)[C@H]31. The van der Waals surface area contributed by atoms with E-state index in [-0.39, 0.29) is 49.4 Å². The summed E-state index contributed by atoms with van der Waals surface area (Å²) in [5.74, 6) is 1.00. The van der Waals surface area contributed by atoms with Crippen molar-refractivity contribution in [2.45, 2.75) is 115 Å². The molecule has 2 fully saturated rings. The van der Waals surface area contributed by atoms with E-state index in [1.165, 1.54) is 25.7 Å². The lowest BCUT2D eigenvalue weighted by molar-refractivity contribution is -0.257. The highest BCUT2D eigenvalue weighted by Crippen LogP contribution is 2.62. The maximum atomic E-state index is 14.5. The molecule has 1 aromatic carbocycles. The Morgan fingerprint density at radius 3 is 2.49 bits per heavy atom. The van der Waals surface area contributed by atoms with Gasteiger partial charge in [-0.15, -0.1) is 6.58 Å². The summed E-state index contributed by atoms with van der Waals surface area (Å²) in [5.41, 5.74) is 2.93. The summed E-state index contributed by atoms with van der Waals surface area (Å²) in [6.45, 7) is 11.5. The maximum absolute atomic E-state index is 14.5. The Morgan fingerprint density at radius 2 is 1.80 bits per heavy atom. The van der Waals surface area contributed by atoms with Crippen LogP contribution in [0.25, 0.3) is 0 Å². The van der Waals surface area contributed by atoms with Crippen molar-refractivity contribution < 1.29 is 34.1 Å². The molecule has 0 spiro atoms. The molecule has 0 radical (unpaired) electrons. The number of carbonyl (C=O) groups is 1. The average Bonchev–Trinajstić information content (AvgIpc) is 3.67. The molecule has 3 aliphatic carbocycles. The summed E-state index contributed by atoms with van der Waals surface area (Å²) in [4.78, 5) is 22.1. The fourth-order valence-corrected chi connectivity index (χ4v) is 9.47. The van der Waals surface area contributed by atoms with Gasteiger partial charge in [-0.05, 0) is 80.1 Å². The largest absolute Gasteiger partial charge is 0.490 e. The highest BCUT2D eigenvalue weighted by Gasteiger charge is 2.65. The maximum Gasteiger partial charge on any atom is 0.239 e. The van der Waals surface area contributed by atoms with Crippen molar-refractivity contribution in [2.24, 2.45) is 28.8 Å². The molecule has 9 nitrogen and oxygen atoms in total. The van der Waals surface area contributed by atoms with Gasteiger partial charge in [0.05, 0.1) is 18.2 Å². The summed E-state index contributed by atoms with van der Waals surface area (Å²) in [6.07, 6.45) is 18.5. The summed E-state index contributed by atoms with van der Waals surface area (Å²) >= 11 is 0. The van der Waals surface area contributed by atoms with E-state index in [1.807, 2.05) is 17.0 Å². The highest BCUT2D eigenvalue weighted by atomic mass is 16.7. The standard InChI is InChI=1S/C42H62N2O7/c1-5-22-44(39(47)21-18-30-14-8-9-15-30)38-29-36(43-48-4)34-27-31(16-10-12-23-45)33(17-11-13-24-46)40-35-28-32(49-25-6-2)19-20-37(35)51-42(38,41(34)40)50-26-7-3/h6-7,19-20,27-28,30-31,33,38,40-41,45-46H,2-3,5,8-18,21-26,29H2,1,4H3/t31-,33+,38-,40+,41+,42+/m0/s1. The first-order chi connectivity index (χ1) is 25.0. The van der Waals surface area contributed by atoms with E-state index in [0.29, 0.717) is 31.9 Å². The normalized spacial score (nSPS) is 27.6. The Balaban J connectivity index is 1.70. The molecule has 9 heteroatoms. The molecule has 0 saturated heterocycles. The van der Waals surface area contributed by atoms with E-state index in [1.54, 1.807) is 19.3 Å². The number of amides is 1. The predicted octanol–water partition coefficient (Wildman–Crippen LogP) is 7.72. The molecule has 1 aromatic rings. The van der Waals surface area contributed by atoms with Gasteiger partial charge < -0.3 is 34.2 Å². The summed E-state index contributed by atoms with van der Waals surface area (Å²) in [5, 5.41) is 24.2. The van der Waals surface area contributed by atoms with Gasteiger partial charge in [-0.2, -0.15) is 0 Å². The third-order valence-corrected chi connectivity index (χ3v) is 11.6. The number of rotatable bonds is 21. The molecule has 0 bridgehead atoms. The van der Waals surface area contributed by atoms with Crippen LogP contribution in [0.4, 0.5) is 0 Å². The fourth-order valence-electron chi connectivity index (χ4n) is 9.47. The van der Waals surface area contributed by atoms with Crippen molar-refractivity contribution in [1.82, 2.24) is 4.90 Å². The predicted molar refractivity (Wildman–Crippen MR) is 201 cm³/mol. The molecule has 1 amide bonds. The Kier molecular flexibility index (Phi) is 14.6. The molecule has 6 atom stereocenters. The van der Waals surface area contributed by atoms with Crippen LogP contribution in [0.1, 0.15) is 108 Å². The lowest BCUT2D eigenvalue weighted by Crippen LogP contribution is -2.70. The Hall–Kier alpha value is -3.14. The van der Waals surface area contributed by atoms with Gasteiger partial charge in [-0.25, -0.2) is 0 Å². The average molecular weight is 707 g/mol. The molecule has 2 saturated carbocycles. The third-order valence-electron chi connectivity index (χ3n) is 11.6. The van der Waals surface area contributed by atoms with E-state index in [9.17, 15) is 15.0 Å². The van der Waals surface area contributed by atoms with Crippen molar-refractivity contribution in [3.63, 3.8) is 0 Å². The zero-order chi connectivity index (χ0) is 36.2. The van der Waals surface area contributed by atoms with Crippen LogP contribution in [-0.4, -0.2) is 78.6 Å². The number of aliphatic hydroxyl groups is 2. The number of hydrogen-bond donors (Lipinski definition) is 2. The van der Waals surface area contributed by atoms with E-state index in [2.05, 4.69) is 37.4 Å². The van der Waals surface area contributed by atoms with Crippen LogP contribution in [0.15, 0.2) is 60.3 Å². The monoisotopic (exact) mass is 706 g/mol. The minimum Gasteiger partial charge on any atom is -0.490 e. The van der Waals surface area contributed by atoms with Gasteiger partial charge in [0.2, 0.25) is 11.7 Å². The van der Waals surface area contributed by atoms with E-state index in [0.717, 1.165) is 79.7 Å². The first kappa shape index (κ1) is 39.1. The van der Waals surface area contributed by atoms with E-state index < -0.39 is 11.8 Å². The third kappa shape index (κ3) is 8.74. The Labute approximate surface area is 305 Å².